The predicted molar refractivity (Wildman–Crippen MR) is 187 cm³/mol. The summed E-state index contributed by atoms with van der Waals surface area (Å²) in [5, 5.41) is 3.63. The molecule has 1 amide bonds. The van der Waals surface area contributed by atoms with Crippen molar-refractivity contribution in [2.75, 3.05) is 47.2 Å². The minimum atomic E-state index is -4.07. The van der Waals surface area contributed by atoms with Gasteiger partial charge in [0.15, 0.2) is 5.82 Å². The maximum Gasteiger partial charge on any atom is 0.415 e. The monoisotopic (exact) mass is 700 g/mol. The van der Waals surface area contributed by atoms with Crippen molar-refractivity contribution in [2.45, 2.75) is 77.3 Å². The van der Waals surface area contributed by atoms with Crippen LogP contribution < -0.4 is 19.3 Å². The summed E-state index contributed by atoms with van der Waals surface area (Å²) in [7, 11) is -4.07. The van der Waals surface area contributed by atoms with E-state index in [0.29, 0.717) is 42.9 Å². The smallest absolute Gasteiger partial charge is 0.415 e. The highest BCUT2D eigenvalue weighted by atomic mass is 35.5. The van der Waals surface area contributed by atoms with E-state index in [4.69, 9.17) is 26.1 Å². The number of hydrogen-bond donors (Lipinski definition) is 1. The number of nitrogens with one attached hydrogen (secondary N) is 1. The molecular formula is C34H45ClN6O6S. The molecule has 4 rings (SSSR count). The molecule has 0 saturated carbocycles. The van der Waals surface area contributed by atoms with Gasteiger partial charge in [0.2, 0.25) is 5.95 Å². The van der Waals surface area contributed by atoms with Crippen LogP contribution in [0.15, 0.2) is 59.6 Å². The first-order valence-corrected chi connectivity index (χ1v) is 18.0. The Morgan fingerprint density at radius 2 is 1.60 bits per heavy atom. The molecule has 1 aliphatic heterocycles. The second kappa shape index (κ2) is 15.9. The Morgan fingerprint density at radius 1 is 0.979 bits per heavy atom. The number of likely N-dealkylation sites (tertiary alicyclic amines) is 1. The van der Waals surface area contributed by atoms with Crippen LogP contribution in [0.4, 0.5) is 22.2 Å². The molecule has 0 bridgehead atoms. The molecule has 1 N–H and O–H groups in total. The number of nitrogens with zero attached hydrogens (tertiary/aromatic N) is 5. The number of anilines is 3. The molecule has 1 saturated heterocycles. The molecule has 1 unspecified atom stereocenters. The summed E-state index contributed by atoms with van der Waals surface area (Å²) in [5.41, 5.74) is 0.125. The summed E-state index contributed by atoms with van der Waals surface area (Å²) in [6.07, 6.45) is 3.15. The molecular weight excluding hydrogens is 656 g/mol. The quantitative estimate of drug-likeness (QED) is 0.207. The fraction of sp³-hybridized carbons (Fsp3) is 0.471. The third kappa shape index (κ3) is 9.28. The molecule has 2 aromatic carbocycles. The molecule has 0 radical (unpaired) electrons. The summed E-state index contributed by atoms with van der Waals surface area (Å²) in [6, 6.07) is 11.8. The number of esters is 1. The van der Waals surface area contributed by atoms with Gasteiger partial charge in [0.25, 0.3) is 10.0 Å². The van der Waals surface area contributed by atoms with Gasteiger partial charge in [-0.2, -0.15) is 4.98 Å². The highest BCUT2D eigenvalue weighted by Gasteiger charge is 2.31. The Bertz CT molecular complexity index is 1650. The van der Waals surface area contributed by atoms with Gasteiger partial charge in [0.05, 0.1) is 11.1 Å². The molecule has 1 atom stereocenters. The van der Waals surface area contributed by atoms with E-state index in [2.05, 4.69) is 10.3 Å². The fourth-order valence-corrected chi connectivity index (χ4v) is 6.84. The lowest BCUT2D eigenvalue weighted by Gasteiger charge is -2.29. The van der Waals surface area contributed by atoms with Crippen LogP contribution >= 0.6 is 11.6 Å². The van der Waals surface area contributed by atoms with E-state index < -0.39 is 27.6 Å². The molecule has 1 fully saturated rings. The highest BCUT2D eigenvalue weighted by Crippen LogP contribution is 2.32. The standard InChI is InChI=1S/C34H45ClN6O6S/c1-7-39(8-2)32-36-23-29(41(9-3)48(44,45)27-18-14-25(35)15-19-27)30(38-32)37-28(31(42)47-34(4,5)6)22-24-12-16-26(17-13-24)46-33(43)40-20-10-11-21-40/h12-19,23,28H,7-11,20-22H2,1-6H3,(H,36,37,38). The Kier molecular flexibility index (Phi) is 12.1. The van der Waals surface area contributed by atoms with E-state index in [1.165, 1.54) is 34.8 Å². The average molecular weight is 701 g/mol. The van der Waals surface area contributed by atoms with Crippen LogP contribution in [-0.2, 0) is 26.0 Å². The van der Waals surface area contributed by atoms with Crippen molar-refractivity contribution in [1.29, 1.82) is 0 Å². The van der Waals surface area contributed by atoms with Crippen LogP contribution in [0, 0.1) is 0 Å². The molecule has 12 nitrogen and oxygen atoms in total. The van der Waals surface area contributed by atoms with Gasteiger partial charge < -0.3 is 24.6 Å². The number of ether oxygens (including phenoxy) is 2. The summed E-state index contributed by atoms with van der Waals surface area (Å²) in [4.78, 5) is 39.1. The Labute approximate surface area is 288 Å². The number of aromatic nitrogens is 2. The van der Waals surface area contributed by atoms with Crippen LogP contribution in [0.5, 0.6) is 5.75 Å². The van der Waals surface area contributed by atoms with Gasteiger partial charge in [0.1, 0.15) is 23.1 Å². The van der Waals surface area contributed by atoms with Gasteiger partial charge in [-0.3, -0.25) is 4.31 Å². The number of benzene rings is 2. The van der Waals surface area contributed by atoms with Crippen molar-refractivity contribution in [3.63, 3.8) is 0 Å². The average Bonchev–Trinajstić information content (AvgIpc) is 3.58. The lowest BCUT2D eigenvalue weighted by Crippen LogP contribution is -2.39. The lowest BCUT2D eigenvalue weighted by atomic mass is 10.0. The SMILES string of the molecule is CCN(CC)c1ncc(N(CC)S(=O)(=O)c2ccc(Cl)cc2)c(NC(Cc2ccc(OC(=O)N3CCCC3)cc2)C(=O)OC(C)(C)C)n1. The minimum absolute atomic E-state index is 0.0433. The molecule has 2 heterocycles. The van der Waals surface area contributed by atoms with Crippen LogP contribution in [0.3, 0.4) is 0 Å². The third-order valence-electron chi connectivity index (χ3n) is 7.70. The maximum absolute atomic E-state index is 13.9. The molecule has 0 spiro atoms. The van der Waals surface area contributed by atoms with Crippen molar-refractivity contribution in [3.05, 3.63) is 65.3 Å². The molecule has 260 valence electrons. The van der Waals surface area contributed by atoms with Crippen LogP contribution in [-0.4, -0.2) is 79.7 Å². The number of carbonyl (C=O) groups is 2. The third-order valence-corrected chi connectivity index (χ3v) is 9.85. The van der Waals surface area contributed by atoms with Gasteiger partial charge in [-0.1, -0.05) is 23.7 Å². The first kappa shape index (κ1) is 36.7. The topological polar surface area (TPSA) is 134 Å². The van der Waals surface area contributed by atoms with E-state index >= 15 is 0 Å². The Balaban J connectivity index is 1.71. The Morgan fingerprint density at radius 3 is 2.17 bits per heavy atom. The van der Waals surface area contributed by atoms with Crippen LogP contribution in [0.2, 0.25) is 5.02 Å². The number of hydrogen-bond acceptors (Lipinski definition) is 10. The summed E-state index contributed by atoms with van der Waals surface area (Å²) < 4.78 is 40.3. The van der Waals surface area contributed by atoms with Crippen LogP contribution in [0.1, 0.15) is 59.9 Å². The number of halogens is 1. The zero-order valence-electron chi connectivity index (χ0n) is 28.4. The zero-order valence-corrected chi connectivity index (χ0v) is 30.0. The number of amides is 1. The maximum atomic E-state index is 13.9. The predicted octanol–water partition coefficient (Wildman–Crippen LogP) is 6.15. The van der Waals surface area contributed by atoms with Gasteiger partial charge in [-0.25, -0.2) is 23.0 Å². The zero-order chi connectivity index (χ0) is 35.1. The Hall–Kier alpha value is -4.10. The number of carbonyl (C=O) groups excluding carboxylic acids is 2. The normalized spacial score (nSPS) is 13.9. The van der Waals surface area contributed by atoms with E-state index in [9.17, 15) is 18.0 Å². The molecule has 1 aromatic heterocycles. The first-order chi connectivity index (χ1) is 22.7. The van der Waals surface area contributed by atoms with Gasteiger partial charge in [-0.15, -0.1) is 0 Å². The number of sulfonamides is 1. The van der Waals surface area contributed by atoms with Crippen molar-refractivity contribution in [3.8, 4) is 5.75 Å². The molecule has 48 heavy (non-hydrogen) atoms. The van der Waals surface area contributed by atoms with Crippen molar-refractivity contribution in [1.82, 2.24) is 14.9 Å². The summed E-state index contributed by atoms with van der Waals surface area (Å²) >= 11 is 6.04. The molecule has 1 aliphatic rings. The number of rotatable bonds is 13. The molecule has 14 heteroatoms. The van der Waals surface area contributed by atoms with E-state index in [-0.39, 0.29) is 35.5 Å². The lowest BCUT2D eigenvalue weighted by molar-refractivity contribution is -0.155. The first-order valence-electron chi connectivity index (χ1n) is 16.2. The van der Waals surface area contributed by atoms with Gasteiger partial charge >= 0.3 is 12.1 Å². The van der Waals surface area contributed by atoms with E-state index in [1.807, 2.05) is 18.7 Å². The second-order valence-corrected chi connectivity index (χ2v) is 14.6. The van der Waals surface area contributed by atoms with Crippen molar-refractivity contribution >= 4 is 51.1 Å². The fourth-order valence-electron chi connectivity index (χ4n) is 5.24. The summed E-state index contributed by atoms with van der Waals surface area (Å²) in [5.74, 6) is 0.367. The van der Waals surface area contributed by atoms with Crippen LogP contribution in [0.25, 0.3) is 0 Å². The van der Waals surface area contributed by atoms with Crippen molar-refractivity contribution < 1.29 is 27.5 Å². The van der Waals surface area contributed by atoms with Gasteiger partial charge in [0, 0.05) is 44.2 Å². The van der Waals surface area contributed by atoms with Crippen molar-refractivity contribution in [2.24, 2.45) is 0 Å². The molecule has 3 aromatic rings. The largest absolute Gasteiger partial charge is 0.458 e. The van der Waals surface area contributed by atoms with E-state index in [0.717, 1.165) is 18.4 Å². The van der Waals surface area contributed by atoms with Gasteiger partial charge in [-0.05, 0) is 96.3 Å². The highest BCUT2D eigenvalue weighted by molar-refractivity contribution is 7.92. The second-order valence-electron chi connectivity index (χ2n) is 12.3. The minimum Gasteiger partial charge on any atom is -0.458 e. The molecule has 0 aliphatic carbocycles. The summed E-state index contributed by atoms with van der Waals surface area (Å²) in [6.45, 7) is 13.6. The van der Waals surface area contributed by atoms with E-state index in [1.54, 1.807) is 56.9 Å².